The third-order valence-electron chi connectivity index (χ3n) is 12.1. The van der Waals surface area contributed by atoms with Crippen molar-refractivity contribution in [2.45, 2.75) is 51.8 Å². The summed E-state index contributed by atoms with van der Waals surface area (Å²) >= 11 is 2.63. The maximum atomic E-state index is 14.8. The Kier molecular flexibility index (Phi) is 10.0. The summed E-state index contributed by atoms with van der Waals surface area (Å²) in [7, 11) is 1.66. The van der Waals surface area contributed by atoms with Gasteiger partial charge in [-0.25, -0.2) is 9.97 Å². The smallest absolute Gasteiger partial charge is 0.263 e. The van der Waals surface area contributed by atoms with Crippen LogP contribution in [0.25, 0.3) is 74.5 Å². The molecule has 6 aromatic carbocycles. The SMILES string of the molecule is COc1ccc(-c2nc3sc4c(O)cccc4c3c(=O)n2Cc2ccc(-c3cc(-c4nc5sc6c(O)cccc6c5c(=O)n4Cc4ccccc4)ccc3OC(C)C)cc2)c(C2CC2)c1. The Morgan fingerprint density at radius 1 is 0.646 bits per heavy atom. The zero-order valence-corrected chi connectivity index (χ0v) is 37.4. The Morgan fingerprint density at radius 3 is 1.83 bits per heavy atom. The van der Waals surface area contributed by atoms with E-state index in [1.54, 1.807) is 40.5 Å². The number of aromatic hydroxyl groups is 2. The van der Waals surface area contributed by atoms with Gasteiger partial charge < -0.3 is 19.7 Å². The Morgan fingerprint density at radius 2 is 1.23 bits per heavy atom. The summed E-state index contributed by atoms with van der Waals surface area (Å²) in [5.41, 5.74) is 5.90. The highest BCUT2D eigenvalue weighted by Crippen LogP contribution is 2.46. The van der Waals surface area contributed by atoms with E-state index in [0.717, 1.165) is 57.5 Å². The van der Waals surface area contributed by atoms with Gasteiger partial charge in [0.15, 0.2) is 0 Å². The summed E-state index contributed by atoms with van der Waals surface area (Å²) in [6.07, 6.45) is 2.00. The topological polar surface area (TPSA) is 129 Å². The van der Waals surface area contributed by atoms with Crippen molar-refractivity contribution in [3.05, 3.63) is 165 Å². The molecule has 0 amide bonds. The third-order valence-corrected chi connectivity index (χ3v) is 14.3. The Hall–Kier alpha value is -7.28. The maximum absolute atomic E-state index is 14.8. The lowest BCUT2D eigenvalue weighted by molar-refractivity contribution is 0.243. The van der Waals surface area contributed by atoms with Crippen molar-refractivity contribution in [2.24, 2.45) is 0 Å². The van der Waals surface area contributed by atoms with Crippen LogP contribution >= 0.6 is 22.7 Å². The molecule has 0 radical (unpaired) electrons. The second kappa shape index (κ2) is 16.1. The molecule has 0 atom stereocenters. The number of methoxy groups -OCH3 is 1. The highest BCUT2D eigenvalue weighted by Gasteiger charge is 2.30. The van der Waals surface area contributed by atoms with Crippen LogP contribution in [0.2, 0.25) is 0 Å². The molecule has 10 nitrogen and oxygen atoms in total. The molecule has 0 spiro atoms. The number of phenolic OH excluding ortho intramolecular Hbond substituents is 2. The summed E-state index contributed by atoms with van der Waals surface area (Å²) in [6.45, 7) is 4.52. The van der Waals surface area contributed by atoms with Gasteiger partial charge in [-0.3, -0.25) is 18.7 Å². The van der Waals surface area contributed by atoms with Gasteiger partial charge in [0, 0.05) is 27.5 Å². The minimum Gasteiger partial charge on any atom is -0.506 e. The first-order valence-corrected chi connectivity index (χ1v) is 23.2. The quantitative estimate of drug-likeness (QED) is 0.131. The average Bonchev–Trinajstić information content (AvgIpc) is 3.98. The first-order chi connectivity index (χ1) is 31.6. The van der Waals surface area contributed by atoms with E-state index in [1.165, 1.54) is 22.7 Å². The fraction of sp³-hybridized carbons (Fsp3) is 0.170. The van der Waals surface area contributed by atoms with Crippen LogP contribution < -0.4 is 20.6 Å². The van der Waals surface area contributed by atoms with Gasteiger partial charge in [0.25, 0.3) is 11.1 Å². The molecule has 4 aromatic heterocycles. The molecule has 10 aromatic rings. The van der Waals surface area contributed by atoms with E-state index in [-0.39, 0.29) is 35.3 Å². The Bertz CT molecular complexity index is 3630. The lowest BCUT2D eigenvalue weighted by atomic mass is 9.99. The number of phenols is 2. The van der Waals surface area contributed by atoms with Crippen molar-refractivity contribution in [1.82, 2.24) is 19.1 Å². The van der Waals surface area contributed by atoms with Crippen molar-refractivity contribution in [2.75, 3.05) is 7.11 Å². The molecule has 11 rings (SSSR count). The molecular formula is C53H42N4O6S2. The van der Waals surface area contributed by atoms with Crippen LogP contribution in [-0.2, 0) is 13.1 Å². The molecule has 0 aliphatic heterocycles. The van der Waals surface area contributed by atoms with Gasteiger partial charge in [0.05, 0.1) is 46.5 Å². The molecule has 2 N–H and O–H groups in total. The number of hydrogen-bond acceptors (Lipinski definition) is 10. The van der Waals surface area contributed by atoms with Crippen molar-refractivity contribution in [3.63, 3.8) is 0 Å². The highest BCUT2D eigenvalue weighted by molar-refractivity contribution is 7.26. The number of thiophene rings is 2. The average molecular weight is 895 g/mol. The monoisotopic (exact) mass is 894 g/mol. The lowest BCUT2D eigenvalue weighted by Crippen LogP contribution is -2.24. The second-order valence-electron chi connectivity index (χ2n) is 16.8. The molecule has 322 valence electrons. The highest BCUT2D eigenvalue weighted by atomic mass is 32.1. The van der Waals surface area contributed by atoms with E-state index in [1.807, 2.05) is 111 Å². The summed E-state index contributed by atoms with van der Waals surface area (Å²) < 4.78 is 16.8. The third kappa shape index (κ3) is 7.19. The normalized spacial score (nSPS) is 12.9. The van der Waals surface area contributed by atoms with E-state index in [0.29, 0.717) is 70.5 Å². The number of rotatable bonds is 11. The standard InChI is InChI=1S/C53H42N4O6S2/c1-29(2)63-43-24-21-34(48-54-50-44(37-11-7-13-41(58)46(37)64-50)52(60)56(48)27-30-9-5-4-6-10-30)25-40(43)33-17-15-31(16-18-33)28-57-49(36-23-22-35(62-3)26-39(36)32-19-20-32)55-51-45(53(57)61)38-12-8-14-42(59)47(38)65-51/h4-18,21-26,29,32,58-59H,19-20,27-28H2,1-3H3. The van der Waals surface area contributed by atoms with Gasteiger partial charge >= 0.3 is 0 Å². The number of hydrogen-bond donors (Lipinski definition) is 2. The van der Waals surface area contributed by atoms with E-state index >= 15 is 0 Å². The van der Waals surface area contributed by atoms with Crippen molar-refractivity contribution >= 4 is 63.3 Å². The molecule has 0 bridgehead atoms. The summed E-state index contributed by atoms with van der Waals surface area (Å²) in [5, 5.41) is 23.9. The van der Waals surface area contributed by atoms with Crippen molar-refractivity contribution in [1.29, 1.82) is 0 Å². The van der Waals surface area contributed by atoms with E-state index < -0.39 is 0 Å². The molecule has 1 fully saturated rings. The van der Waals surface area contributed by atoms with Gasteiger partial charge in [-0.05, 0) is 103 Å². The van der Waals surface area contributed by atoms with Gasteiger partial charge in [0.1, 0.15) is 44.3 Å². The van der Waals surface area contributed by atoms with Crippen molar-refractivity contribution in [3.8, 4) is 56.9 Å². The lowest BCUT2D eigenvalue weighted by Gasteiger charge is -2.18. The first-order valence-electron chi connectivity index (χ1n) is 21.6. The number of ether oxygens (including phenoxy) is 2. The molecule has 1 aliphatic rings. The van der Waals surface area contributed by atoms with Crippen LogP contribution in [-0.4, -0.2) is 42.5 Å². The number of fused-ring (bicyclic) bond motifs is 6. The van der Waals surface area contributed by atoms with Crippen LogP contribution in [0.5, 0.6) is 23.0 Å². The zero-order chi connectivity index (χ0) is 44.5. The molecule has 1 aliphatic carbocycles. The van der Waals surface area contributed by atoms with Crippen molar-refractivity contribution < 1.29 is 19.7 Å². The predicted molar refractivity (Wildman–Crippen MR) is 261 cm³/mol. The van der Waals surface area contributed by atoms with Crippen LogP contribution in [0.15, 0.2) is 137 Å². The summed E-state index contributed by atoms with van der Waals surface area (Å²) in [5.74, 6) is 3.10. The Balaban J connectivity index is 1.04. The molecule has 0 saturated heterocycles. The minimum atomic E-state index is -0.187. The molecule has 12 heteroatoms. The van der Waals surface area contributed by atoms with E-state index in [2.05, 4.69) is 6.07 Å². The molecular weight excluding hydrogens is 853 g/mol. The number of nitrogens with zero attached hydrogens (tertiary/aromatic N) is 4. The maximum Gasteiger partial charge on any atom is 0.263 e. The van der Waals surface area contributed by atoms with E-state index in [9.17, 15) is 19.8 Å². The van der Waals surface area contributed by atoms with E-state index in [4.69, 9.17) is 19.4 Å². The largest absolute Gasteiger partial charge is 0.506 e. The minimum absolute atomic E-state index is 0.114. The van der Waals surface area contributed by atoms with Gasteiger partial charge in [-0.1, -0.05) is 78.9 Å². The molecule has 65 heavy (non-hydrogen) atoms. The van der Waals surface area contributed by atoms with Crippen LogP contribution in [0, 0.1) is 0 Å². The predicted octanol–water partition coefficient (Wildman–Crippen LogP) is 11.7. The van der Waals surface area contributed by atoms with Crippen LogP contribution in [0.1, 0.15) is 49.3 Å². The Labute approximate surface area is 380 Å². The fourth-order valence-electron chi connectivity index (χ4n) is 8.84. The first kappa shape index (κ1) is 40.5. The van der Waals surface area contributed by atoms with Crippen LogP contribution in [0.3, 0.4) is 0 Å². The summed E-state index contributed by atoms with van der Waals surface area (Å²) in [4.78, 5) is 40.9. The number of aromatic nitrogens is 4. The van der Waals surface area contributed by atoms with Gasteiger partial charge in [-0.15, -0.1) is 22.7 Å². The van der Waals surface area contributed by atoms with Gasteiger partial charge in [-0.2, -0.15) is 0 Å². The number of benzene rings is 6. The molecule has 0 unspecified atom stereocenters. The fourth-order valence-corrected chi connectivity index (χ4v) is 11.0. The zero-order valence-electron chi connectivity index (χ0n) is 35.7. The molecule has 1 saturated carbocycles. The van der Waals surface area contributed by atoms with Crippen LogP contribution in [0.4, 0.5) is 0 Å². The molecule has 4 heterocycles. The second-order valence-corrected chi connectivity index (χ2v) is 18.8. The summed E-state index contributed by atoms with van der Waals surface area (Å²) in [6, 6.07) is 40.3. The van der Waals surface area contributed by atoms with Gasteiger partial charge in [0.2, 0.25) is 0 Å².